The van der Waals surface area contributed by atoms with Gasteiger partial charge in [-0.2, -0.15) is 0 Å². The maximum atomic E-state index is 12.7. The number of ether oxygens (including phenoxy) is 2. The first-order valence-electron chi connectivity index (χ1n) is 8.22. The molecule has 0 atom stereocenters. The van der Waals surface area contributed by atoms with Gasteiger partial charge in [0.05, 0.1) is 5.56 Å². The van der Waals surface area contributed by atoms with Gasteiger partial charge in [0.2, 0.25) is 0 Å². The van der Waals surface area contributed by atoms with Gasteiger partial charge in [0, 0.05) is 31.0 Å². The number of amides is 1. The van der Waals surface area contributed by atoms with Crippen molar-refractivity contribution in [2.24, 2.45) is 0 Å². The Bertz CT molecular complexity index is 757. The predicted molar refractivity (Wildman–Crippen MR) is 91.1 cm³/mol. The zero-order valence-electron chi connectivity index (χ0n) is 13.3. The molecule has 1 amide bonds. The maximum Gasteiger partial charge on any atom is 0.259 e. The second-order valence-corrected chi connectivity index (χ2v) is 5.88. The first kappa shape index (κ1) is 14.8. The van der Waals surface area contributed by atoms with Crippen LogP contribution in [0.5, 0.6) is 11.5 Å². The van der Waals surface area contributed by atoms with Crippen LogP contribution in [0.25, 0.3) is 0 Å². The van der Waals surface area contributed by atoms with E-state index in [0.29, 0.717) is 36.0 Å². The molecule has 1 N–H and O–H groups in total. The number of rotatable bonds is 3. The highest BCUT2D eigenvalue weighted by atomic mass is 16.6. The van der Waals surface area contributed by atoms with Crippen LogP contribution < -0.4 is 19.7 Å². The van der Waals surface area contributed by atoms with Gasteiger partial charge in [-0.25, -0.2) is 4.98 Å². The quantitative estimate of drug-likeness (QED) is 0.940. The number of nitrogens with zero attached hydrogens (tertiary/aromatic N) is 2. The molecule has 4 rings (SSSR count). The van der Waals surface area contributed by atoms with Crippen LogP contribution in [0.15, 0.2) is 36.5 Å². The van der Waals surface area contributed by atoms with Gasteiger partial charge < -0.3 is 19.7 Å². The van der Waals surface area contributed by atoms with Crippen molar-refractivity contribution >= 4 is 17.4 Å². The van der Waals surface area contributed by atoms with Crippen LogP contribution in [0.3, 0.4) is 0 Å². The van der Waals surface area contributed by atoms with Gasteiger partial charge in [0.1, 0.15) is 19.0 Å². The molecule has 0 aliphatic carbocycles. The van der Waals surface area contributed by atoms with Crippen molar-refractivity contribution in [1.29, 1.82) is 0 Å². The number of aromatic nitrogens is 1. The molecule has 2 aromatic rings. The normalized spacial score (nSPS) is 16.1. The molecule has 124 valence electrons. The molecule has 6 nitrogen and oxygen atoms in total. The molecule has 3 heterocycles. The lowest BCUT2D eigenvalue weighted by atomic mass is 10.2. The number of hydrogen-bond acceptors (Lipinski definition) is 5. The molecule has 6 heteroatoms. The highest BCUT2D eigenvalue weighted by molar-refractivity contribution is 6.07. The zero-order chi connectivity index (χ0) is 16.4. The third kappa shape index (κ3) is 2.87. The van der Waals surface area contributed by atoms with E-state index in [-0.39, 0.29) is 5.91 Å². The van der Waals surface area contributed by atoms with E-state index in [1.54, 1.807) is 18.3 Å². The number of carbonyl (C=O) groups excluding carboxylic acids is 1. The monoisotopic (exact) mass is 325 g/mol. The Kier molecular flexibility index (Phi) is 3.94. The number of anilines is 2. The largest absolute Gasteiger partial charge is 0.486 e. The number of nitrogens with one attached hydrogen (secondary N) is 1. The maximum absolute atomic E-state index is 12.7. The number of carbonyl (C=O) groups is 1. The van der Waals surface area contributed by atoms with Gasteiger partial charge in [-0.05, 0) is 37.1 Å². The van der Waals surface area contributed by atoms with E-state index < -0.39 is 0 Å². The summed E-state index contributed by atoms with van der Waals surface area (Å²) in [6, 6.07) is 9.02. The minimum Gasteiger partial charge on any atom is -0.486 e. The second kappa shape index (κ2) is 6.39. The van der Waals surface area contributed by atoms with E-state index in [0.717, 1.165) is 31.7 Å². The Labute approximate surface area is 140 Å². The lowest BCUT2D eigenvalue weighted by molar-refractivity contribution is 0.102. The third-order valence-corrected chi connectivity index (χ3v) is 4.24. The van der Waals surface area contributed by atoms with Crippen LogP contribution in [0.4, 0.5) is 11.5 Å². The van der Waals surface area contributed by atoms with Gasteiger partial charge in [0.15, 0.2) is 11.5 Å². The number of benzene rings is 1. The number of hydrogen-bond donors (Lipinski definition) is 1. The van der Waals surface area contributed by atoms with E-state index in [2.05, 4.69) is 15.2 Å². The Morgan fingerprint density at radius 3 is 2.71 bits per heavy atom. The van der Waals surface area contributed by atoms with Crippen molar-refractivity contribution in [3.8, 4) is 11.5 Å². The molecule has 0 unspecified atom stereocenters. The Hall–Kier alpha value is -2.76. The topological polar surface area (TPSA) is 63.7 Å². The second-order valence-electron chi connectivity index (χ2n) is 5.88. The summed E-state index contributed by atoms with van der Waals surface area (Å²) < 4.78 is 11.1. The van der Waals surface area contributed by atoms with E-state index in [1.165, 1.54) is 0 Å². The highest BCUT2D eigenvalue weighted by Gasteiger charge is 2.21. The zero-order valence-corrected chi connectivity index (χ0v) is 13.3. The van der Waals surface area contributed by atoms with Gasteiger partial charge in [-0.1, -0.05) is 0 Å². The Morgan fingerprint density at radius 2 is 1.88 bits per heavy atom. The van der Waals surface area contributed by atoms with Crippen LogP contribution in [0, 0.1) is 0 Å². The van der Waals surface area contributed by atoms with Crippen molar-refractivity contribution in [2.75, 3.05) is 36.5 Å². The summed E-state index contributed by atoms with van der Waals surface area (Å²) in [6.07, 6.45) is 4.01. The fourth-order valence-electron chi connectivity index (χ4n) is 3.07. The van der Waals surface area contributed by atoms with Crippen LogP contribution in [-0.4, -0.2) is 37.2 Å². The van der Waals surface area contributed by atoms with Crippen LogP contribution in [0.2, 0.25) is 0 Å². The average Bonchev–Trinajstić information content (AvgIpc) is 3.16. The molecule has 1 aromatic carbocycles. The number of pyridine rings is 1. The average molecular weight is 325 g/mol. The van der Waals surface area contributed by atoms with Crippen molar-refractivity contribution in [2.45, 2.75) is 12.8 Å². The predicted octanol–water partition coefficient (Wildman–Crippen LogP) is 2.71. The van der Waals surface area contributed by atoms with E-state index >= 15 is 0 Å². The van der Waals surface area contributed by atoms with Crippen molar-refractivity contribution in [1.82, 2.24) is 4.98 Å². The third-order valence-electron chi connectivity index (χ3n) is 4.24. The Morgan fingerprint density at radius 1 is 1.08 bits per heavy atom. The summed E-state index contributed by atoms with van der Waals surface area (Å²) in [5, 5.41) is 2.93. The molecular weight excluding hydrogens is 306 g/mol. The Balaban J connectivity index is 1.56. The van der Waals surface area contributed by atoms with Crippen LogP contribution in [0.1, 0.15) is 23.2 Å². The molecule has 0 saturated carbocycles. The van der Waals surface area contributed by atoms with Gasteiger partial charge in [-0.3, -0.25) is 4.79 Å². The summed E-state index contributed by atoms with van der Waals surface area (Å²) in [6.45, 7) is 2.96. The summed E-state index contributed by atoms with van der Waals surface area (Å²) in [4.78, 5) is 19.3. The smallest absolute Gasteiger partial charge is 0.259 e. The van der Waals surface area contributed by atoms with E-state index in [4.69, 9.17) is 9.47 Å². The van der Waals surface area contributed by atoms with Crippen molar-refractivity contribution in [3.05, 3.63) is 42.1 Å². The summed E-state index contributed by atoms with van der Waals surface area (Å²) in [5.74, 6) is 1.95. The van der Waals surface area contributed by atoms with Gasteiger partial charge in [-0.15, -0.1) is 0 Å². The van der Waals surface area contributed by atoms with Gasteiger partial charge >= 0.3 is 0 Å². The fraction of sp³-hybridized carbons (Fsp3) is 0.333. The molecule has 1 aromatic heterocycles. The molecule has 0 bridgehead atoms. The highest BCUT2D eigenvalue weighted by Crippen LogP contribution is 2.33. The molecule has 2 aliphatic rings. The van der Waals surface area contributed by atoms with Crippen molar-refractivity contribution in [3.63, 3.8) is 0 Å². The van der Waals surface area contributed by atoms with E-state index in [1.807, 2.05) is 18.2 Å². The lowest BCUT2D eigenvalue weighted by Gasteiger charge is -2.20. The first-order valence-corrected chi connectivity index (χ1v) is 8.22. The molecule has 1 fully saturated rings. The first-order chi connectivity index (χ1) is 11.8. The lowest BCUT2D eigenvalue weighted by Crippen LogP contribution is -2.24. The summed E-state index contributed by atoms with van der Waals surface area (Å²) in [5.41, 5.74) is 1.27. The molecule has 2 aliphatic heterocycles. The summed E-state index contributed by atoms with van der Waals surface area (Å²) >= 11 is 0. The van der Waals surface area contributed by atoms with Crippen LogP contribution >= 0.6 is 0 Å². The fourth-order valence-corrected chi connectivity index (χ4v) is 3.07. The number of fused-ring (bicyclic) bond motifs is 1. The van der Waals surface area contributed by atoms with Gasteiger partial charge in [0.25, 0.3) is 5.91 Å². The van der Waals surface area contributed by atoms with Crippen LogP contribution in [-0.2, 0) is 0 Å². The SMILES string of the molecule is O=C(Nc1ccc2c(c1)OCCO2)c1cccnc1N1CCCC1. The minimum absolute atomic E-state index is 0.165. The molecule has 0 spiro atoms. The standard InChI is InChI=1S/C18H19N3O3/c22-18(14-4-3-7-19-17(14)21-8-1-2-9-21)20-13-5-6-15-16(12-13)24-11-10-23-15/h3-7,12H,1-2,8-11H2,(H,20,22). The molecule has 24 heavy (non-hydrogen) atoms. The van der Waals surface area contributed by atoms with E-state index in [9.17, 15) is 4.79 Å². The summed E-state index contributed by atoms with van der Waals surface area (Å²) in [7, 11) is 0. The molecule has 1 saturated heterocycles. The minimum atomic E-state index is -0.165. The molecule has 0 radical (unpaired) electrons. The molecular formula is C18H19N3O3. The van der Waals surface area contributed by atoms with Crippen molar-refractivity contribution < 1.29 is 14.3 Å².